The third-order valence-corrected chi connectivity index (χ3v) is 3.82. The Balaban J connectivity index is 2.24. The van der Waals surface area contributed by atoms with Gasteiger partial charge in [0.2, 0.25) is 0 Å². The van der Waals surface area contributed by atoms with Crippen molar-refractivity contribution in [3.05, 3.63) is 65.2 Å². The third-order valence-electron chi connectivity index (χ3n) is 3.82. The summed E-state index contributed by atoms with van der Waals surface area (Å²) in [5, 5.41) is 9.39. The van der Waals surface area contributed by atoms with Crippen LogP contribution in [-0.2, 0) is 12.7 Å². The Bertz CT molecular complexity index is 706. The molecule has 0 aliphatic heterocycles. The molecule has 142 valence electrons. The van der Waals surface area contributed by atoms with Crippen molar-refractivity contribution in [3.63, 3.8) is 0 Å². The van der Waals surface area contributed by atoms with Crippen molar-refractivity contribution >= 4 is 5.69 Å². The van der Waals surface area contributed by atoms with Gasteiger partial charge in [-0.3, -0.25) is 0 Å². The molecule has 26 heavy (non-hydrogen) atoms. The fourth-order valence-electron chi connectivity index (χ4n) is 2.35. The van der Waals surface area contributed by atoms with E-state index in [0.717, 1.165) is 17.7 Å². The van der Waals surface area contributed by atoms with Gasteiger partial charge in [-0.05, 0) is 36.8 Å². The van der Waals surface area contributed by atoms with Gasteiger partial charge in [0.15, 0.2) is 6.10 Å². The molecule has 0 bridgehead atoms. The highest BCUT2D eigenvalue weighted by Gasteiger charge is 2.39. The molecule has 1 unspecified atom stereocenters. The van der Waals surface area contributed by atoms with Gasteiger partial charge < -0.3 is 10.0 Å². The molecule has 1 atom stereocenters. The molecule has 8 heteroatoms. The Kier molecular flexibility index (Phi) is 5.85. The van der Waals surface area contributed by atoms with Crippen LogP contribution in [0.2, 0.25) is 0 Å². The maximum atomic E-state index is 12.7. The lowest BCUT2D eigenvalue weighted by molar-refractivity contribution is -0.200. The van der Waals surface area contributed by atoms with Crippen LogP contribution < -0.4 is 4.90 Å². The second-order valence-electron chi connectivity index (χ2n) is 5.97. The number of rotatable bonds is 5. The number of aliphatic hydroxyl groups excluding tert-OH is 1. The van der Waals surface area contributed by atoms with Gasteiger partial charge in [-0.2, -0.15) is 26.3 Å². The summed E-state index contributed by atoms with van der Waals surface area (Å²) in [6.07, 6.45) is -11.8. The SMILES string of the molecule is Cc1ccc(N(Cc2ccc(C(F)(F)F)cc2)CC(O)C(F)(F)F)cc1. The molecule has 0 aliphatic carbocycles. The third kappa shape index (κ3) is 5.39. The van der Waals surface area contributed by atoms with E-state index >= 15 is 0 Å². The van der Waals surface area contributed by atoms with Crippen molar-refractivity contribution < 1.29 is 31.4 Å². The lowest BCUT2D eigenvalue weighted by atomic mass is 10.1. The summed E-state index contributed by atoms with van der Waals surface area (Å²) in [7, 11) is 0. The minimum Gasteiger partial charge on any atom is -0.382 e. The zero-order valence-electron chi connectivity index (χ0n) is 13.8. The van der Waals surface area contributed by atoms with E-state index < -0.39 is 30.6 Å². The van der Waals surface area contributed by atoms with Crippen molar-refractivity contribution in [1.82, 2.24) is 0 Å². The van der Waals surface area contributed by atoms with Crippen LogP contribution >= 0.6 is 0 Å². The fourth-order valence-corrected chi connectivity index (χ4v) is 2.35. The van der Waals surface area contributed by atoms with Crippen LogP contribution in [0.1, 0.15) is 16.7 Å². The molecule has 0 amide bonds. The molecule has 0 aromatic heterocycles. The van der Waals surface area contributed by atoms with Crippen LogP contribution in [-0.4, -0.2) is 23.9 Å². The lowest BCUT2D eigenvalue weighted by Gasteiger charge is -2.28. The van der Waals surface area contributed by atoms with Gasteiger partial charge in [0.05, 0.1) is 12.1 Å². The summed E-state index contributed by atoms with van der Waals surface area (Å²) < 4.78 is 76.0. The van der Waals surface area contributed by atoms with Gasteiger partial charge >= 0.3 is 12.4 Å². The normalized spacial score (nSPS) is 13.5. The van der Waals surface area contributed by atoms with Gasteiger partial charge in [0, 0.05) is 12.2 Å². The Morgan fingerprint density at radius 1 is 0.885 bits per heavy atom. The molecule has 1 N–H and O–H groups in total. The smallest absolute Gasteiger partial charge is 0.382 e. The van der Waals surface area contributed by atoms with E-state index in [0.29, 0.717) is 11.3 Å². The van der Waals surface area contributed by atoms with Crippen molar-refractivity contribution in [1.29, 1.82) is 0 Å². The predicted octanol–water partition coefficient (Wildman–Crippen LogP) is 4.94. The monoisotopic (exact) mass is 377 g/mol. The molecule has 0 saturated heterocycles. The van der Waals surface area contributed by atoms with Gasteiger partial charge in [-0.1, -0.05) is 29.8 Å². The number of hydrogen-bond acceptors (Lipinski definition) is 2. The van der Waals surface area contributed by atoms with E-state index in [1.807, 2.05) is 6.92 Å². The van der Waals surface area contributed by atoms with Crippen molar-refractivity contribution in [2.75, 3.05) is 11.4 Å². The van der Waals surface area contributed by atoms with Crippen molar-refractivity contribution in [2.24, 2.45) is 0 Å². The summed E-state index contributed by atoms with van der Waals surface area (Å²) in [5.41, 5.74) is 0.893. The number of nitrogens with zero attached hydrogens (tertiary/aromatic N) is 1. The molecule has 0 spiro atoms. The quantitative estimate of drug-likeness (QED) is 0.746. The maximum absolute atomic E-state index is 12.7. The van der Waals surface area contributed by atoms with Crippen molar-refractivity contribution in [2.45, 2.75) is 31.9 Å². The van der Waals surface area contributed by atoms with Gasteiger partial charge in [0.25, 0.3) is 0 Å². The highest BCUT2D eigenvalue weighted by Crippen LogP contribution is 2.30. The Hall–Kier alpha value is -2.22. The fraction of sp³-hybridized carbons (Fsp3) is 0.333. The molecule has 2 nitrogen and oxygen atoms in total. The van der Waals surface area contributed by atoms with E-state index in [9.17, 15) is 31.4 Å². The molecule has 2 aromatic carbocycles. The molecule has 0 radical (unpaired) electrons. The van der Waals surface area contributed by atoms with E-state index in [4.69, 9.17) is 0 Å². The summed E-state index contributed by atoms with van der Waals surface area (Å²) in [6, 6.07) is 10.8. The molecule has 0 fully saturated rings. The minimum absolute atomic E-state index is 0.0751. The molecule has 2 aromatic rings. The summed E-state index contributed by atoms with van der Waals surface area (Å²) in [6.45, 7) is 1.01. The van der Waals surface area contributed by atoms with Crippen molar-refractivity contribution in [3.8, 4) is 0 Å². The second-order valence-corrected chi connectivity index (χ2v) is 5.97. The topological polar surface area (TPSA) is 23.5 Å². The Morgan fingerprint density at radius 2 is 1.42 bits per heavy atom. The largest absolute Gasteiger partial charge is 0.416 e. The number of aliphatic hydroxyl groups is 1. The number of benzene rings is 2. The van der Waals surface area contributed by atoms with E-state index in [1.54, 1.807) is 24.3 Å². The Labute approximate surface area is 146 Å². The first-order valence-corrected chi connectivity index (χ1v) is 7.69. The minimum atomic E-state index is -4.79. The molecular weight excluding hydrogens is 360 g/mol. The van der Waals surface area contributed by atoms with Crippen LogP contribution in [0.25, 0.3) is 0 Å². The van der Waals surface area contributed by atoms with Crippen LogP contribution in [0.3, 0.4) is 0 Å². The first kappa shape index (κ1) is 20.1. The van der Waals surface area contributed by atoms with Crippen LogP contribution in [0, 0.1) is 6.92 Å². The first-order valence-electron chi connectivity index (χ1n) is 7.69. The standard InChI is InChI=1S/C18H17F6NO/c1-12-2-8-15(9-3-12)25(11-16(26)18(22,23)24)10-13-4-6-14(7-5-13)17(19,20)21/h2-9,16,26H,10-11H2,1H3. The number of alkyl halides is 6. The number of hydrogen-bond donors (Lipinski definition) is 1. The van der Waals surface area contributed by atoms with Crippen LogP contribution in [0.15, 0.2) is 48.5 Å². The number of halogens is 6. The maximum Gasteiger partial charge on any atom is 0.416 e. The van der Waals surface area contributed by atoms with E-state index in [1.165, 1.54) is 17.0 Å². The average molecular weight is 377 g/mol. The van der Waals surface area contributed by atoms with Gasteiger partial charge in [-0.25, -0.2) is 0 Å². The predicted molar refractivity (Wildman–Crippen MR) is 85.7 cm³/mol. The van der Waals surface area contributed by atoms with Crippen LogP contribution in [0.5, 0.6) is 0 Å². The summed E-state index contributed by atoms with van der Waals surface area (Å²) in [5.74, 6) is 0. The van der Waals surface area contributed by atoms with Gasteiger partial charge in [0.1, 0.15) is 0 Å². The number of aryl methyl sites for hydroxylation is 1. The molecule has 0 aliphatic rings. The number of anilines is 1. The summed E-state index contributed by atoms with van der Waals surface area (Å²) in [4.78, 5) is 1.28. The zero-order valence-corrected chi connectivity index (χ0v) is 13.8. The van der Waals surface area contributed by atoms with E-state index in [-0.39, 0.29) is 6.54 Å². The van der Waals surface area contributed by atoms with Crippen LogP contribution in [0.4, 0.5) is 32.0 Å². The second kappa shape index (κ2) is 7.57. The summed E-state index contributed by atoms with van der Waals surface area (Å²) >= 11 is 0. The lowest BCUT2D eigenvalue weighted by Crippen LogP contribution is -2.40. The zero-order chi connectivity index (χ0) is 19.5. The highest BCUT2D eigenvalue weighted by molar-refractivity contribution is 5.48. The van der Waals surface area contributed by atoms with Gasteiger partial charge in [-0.15, -0.1) is 0 Å². The molecular formula is C18H17F6NO. The highest BCUT2D eigenvalue weighted by atomic mass is 19.4. The Morgan fingerprint density at radius 3 is 1.88 bits per heavy atom. The molecule has 0 saturated carbocycles. The molecule has 0 heterocycles. The molecule has 2 rings (SSSR count). The first-order chi connectivity index (χ1) is 12.0. The average Bonchev–Trinajstić information content (AvgIpc) is 2.53. The van der Waals surface area contributed by atoms with E-state index in [2.05, 4.69) is 0 Å².